The number of nitrogens with zero attached hydrogens (tertiary/aromatic N) is 2. The molecule has 0 spiro atoms. The van der Waals surface area contributed by atoms with E-state index in [0.29, 0.717) is 0 Å². The van der Waals surface area contributed by atoms with Crippen LogP contribution in [0, 0.1) is 11.8 Å². The summed E-state index contributed by atoms with van der Waals surface area (Å²) in [5.74, 6) is 0.0257. The van der Waals surface area contributed by atoms with Crippen LogP contribution in [0.2, 0.25) is 0 Å². The van der Waals surface area contributed by atoms with Crippen LogP contribution in [0.15, 0.2) is 24.3 Å². The molecule has 0 N–H and O–H groups in total. The van der Waals surface area contributed by atoms with Crippen molar-refractivity contribution < 1.29 is 19.1 Å². The molecule has 112 valence electrons. The quantitative estimate of drug-likeness (QED) is 0.788. The molecule has 0 aliphatic heterocycles. The average Bonchev–Trinajstić information content (AvgIpc) is 2.42. The molecule has 20 heavy (non-hydrogen) atoms. The van der Waals surface area contributed by atoms with Crippen molar-refractivity contribution in [2.75, 3.05) is 41.4 Å². The van der Waals surface area contributed by atoms with Crippen LogP contribution in [-0.4, -0.2) is 63.4 Å². The Balaban J connectivity index is 2.47. The topological polar surface area (TPSA) is 59.1 Å². The van der Waals surface area contributed by atoms with E-state index in [1.165, 1.54) is 9.80 Å². The summed E-state index contributed by atoms with van der Waals surface area (Å²) in [6.45, 7) is 0.532. The van der Waals surface area contributed by atoms with Gasteiger partial charge in [-0.05, 0) is 0 Å². The second kappa shape index (κ2) is 7.57. The highest BCUT2D eigenvalue weighted by Gasteiger charge is 2.22. The minimum atomic E-state index is -0.378. The Morgan fingerprint density at radius 2 is 1.20 bits per heavy atom. The molecule has 0 fully saturated rings. The molecule has 0 bridgehead atoms. The summed E-state index contributed by atoms with van der Waals surface area (Å²) in [5.41, 5.74) is 0. The predicted molar refractivity (Wildman–Crippen MR) is 75.3 cm³/mol. The third-order valence-corrected chi connectivity index (χ3v) is 2.91. The Hall–Kier alpha value is -1.98. The van der Waals surface area contributed by atoms with Gasteiger partial charge in [0.1, 0.15) is 13.2 Å². The number of allylic oxidation sites excluding steroid dienone is 2. The van der Waals surface area contributed by atoms with E-state index >= 15 is 0 Å². The molecule has 0 aromatic rings. The second-order valence-corrected chi connectivity index (χ2v) is 5.04. The smallest absolute Gasteiger partial charge is 0.409 e. The summed E-state index contributed by atoms with van der Waals surface area (Å²) in [6, 6.07) is 0. The van der Waals surface area contributed by atoms with Crippen LogP contribution < -0.4 is 0 Å². The van der Waals surface area contributed by atoms with Gasteiger partial charge in [-0.2, -0.15) is 0 Å². The van der Waals surface area contributed by atoms with Crippen LogP contribution in [0.3, 0.4) is 0 Å². The molecule has 6 nitrogen and oxygen atoms in total. The van der Waals surface area contributed by atoms with E-state index < -0.39 is 0 Å². The molecule has 1 aliphatic carbocycles. The number of ether oxygens (including phenoxy) is 2. The molecule has 0 heterocycles. The fourth-order valence-electron chi connectivity index (χ4n) is 1.65. The molecule has 2 atom stereocenters. The molecular formula is C14H22N2O4. The molecule has 6 heteroatoms. The maximum absolute atomic E-state index is 11.4. The molecule has 0 saturated carbocycles. The lowest BCUT2D eigenvalue weighted by molar-refractivity contribution is 0.0774. The number of amides is 2. The summed E-state index contributed by atoms with van der Waals surface area (Å²) >= 11 is 0. The van der Waals surface area contributed by atoms with E-state index in [9.17, 15) is 9.59 Å². The van der Waals surface area contributed by atoms with Crippen LogP contribution in [0.1, 0.15) is 0 Å². The van der Waals surface area contributed by atoms with E-state index in [0.717, 1.165) is 0 Å². The van der Waals surface area contributed by atoms with Gasteiger partial charge in [0, 0.05) is 40.0 Å². The van der Waals surface area contributed by atoms with Crippen molar-refractivity contribution in [2.24, 2.45) is 11.8 Å². The summed E-state index contributed by atoms with van der Waals surface area (Å²) in [7, 11) is 6.54. The highest BCUT2D eigenvalue weighted by atomic mass is 16.6. The average molecular weight is 282 g/mol. The van der Waals surface area contributed by atoms with Crippen molar-refractivity contribution in [1.82, 2.24) is 9.80 Å². The van der Waals surface area contributed by atoms with Gasteiger partial charge in [-0.1, -0.05) is 24.3 Å². The first-order chi connectivity index (χ1) is 9.41. The minimum absolute atomic E-state index is 0.0128. The molecular weight excluding hydrogens is 260 g/mol. The van der Waals surface area contributed by atoms with Crippen molar-refractivity contribution in [3.8, 4) is 0 Å². The number of hydrogen-bond acceptors (Lipinski definition) is 4. The summed E-state index contributed by atoms with van der Waals surface area (Å²) in [6.07, 6.45) is 6.96. The molecule has 1 rings (SSSR count). The number of carbonyl (C=O) groups excluding carboxylic acids is 2. The van der Waals surface area contributed by atoms with Gasteiger partial charge in [-0.15, -0.1) is 0 Å². The van der Waals surface area contributed by atoms with Crippen molar-refractivity contribution >= 4 is 12.2 Å². The van der Waals surface area contributed by atoms with Gasteiger partial charge in [0.2, 0.25) is 0 Å². The maximum Gasteiger partial charge on any atom is 0.409 e. The first kappa shape index (κ1) is 16.1. The van der Waals surface area contributed by atoms with Gasteiger partial charge in [-0.3, -0.25) is 0 Å². The van der Waals surface area contributed by atoms with E-state index in [1.807, 2.05) is 24.3 Å². The minimum Gasteiger partial charge on any atom is -0.449 e. The molecule has 0 aromatic carbocycles. The SMILES string of the molecule is CN(C)C(=O)OC[C@H]1C=CC=C[C@H]1COC(=O)N(C)C. The van der Waals surface area contributed by atoms with Crippen LogP contribution in [0.25, 0.3) is 0 Å². The Labute approximate surface area is 119 Å². The van der Waals surface area contributed by atoms with Crippen molar-refractivity contribution in [1.29, 1.82) is 0 Å². The van der Waals surface area contributed by atoms with Crippen LogP contribution in [-0.2, 0) is 9.47 Å². The predicted octanol–water partition coefficient (Wildman–Crippen LogP) is 1.74. The van der Waals surface area contributed by atoms with E-state index in [1.54, 1.807) is 28.2 Å². The summed E-state index contributed by atoms with van der Waals surface area (Å²) < 4.78 is 10.4. The monoisotopic (exact) mass is 282 g/mol. The van der Waals surface area contributed by atoms with Crippen molar-refractivity contribution in [3.05, 3.63) is 24.3 Å². The van der Waals surface area contributed by atoms with E-state index in [-0.39, 0.29) is 37.2 Å². The first-order valence-corrected chi connectivity index (χ1v) is 6.45. The van der Waals surface area contributed by atoms with Crippen LogP contribution in [0.4, 0.5) is 9.59 Å². The van der Waals surface area contributed by atoms with Gasteiger partial charge in [0.15, 0.2) is 0 Å². The van der Waals surface area contributed by atoms with E-state index in [4.69, 9.17) is 9.47 Å². The Morgan fingerprint density at radius 1 is 0.850 bits per heavy atom. The molecule has 1 aliphatic rings. The lowest BCUT2D eigenvalue weighted by Crippen LogP contribution is -2.30. The fraction of sp³-hybridized carbons (Fsp3) is 0.571. The molecule has 0 radical (unpaired) electrons. The summed E-state index contributed by atoms with van der Waals surface area (Å²) in [4.78, 5) is 25.6. The standard InChI is InChI=1S/C14H22N2O4/c1-15(2)13(17)19-9-11-7-5-6-8-12(11)10-20-14(18)16(3)4/h5-8,11-12H,9-10H2,1-4H3/t11-,12+. The Morgan fingerprint density at radius 3 is 1.50 bits per heavy atom. The van der Waals surface area contributed by atoms with Gasteiger partial charge < -0.3 is 19.3 Å². The highest BCUT2D eigenvalue weighted by Crippen LogP contribution is 2.21. The fourth-order valence-corrected chi connectivity index (χ4v) is 1.65. The lowest BCUT2D eigenvalue weighted by atomic mass is 9.90. The Kier molecular flexibility index (Phi) is 6.09. The zero-order valence-corrected chi connectivity index (χ0v) is 12.4. The second-order valence-electron chi connectivity index (χ2n) is 5.04. The normalized spacial score (nSPS) is 20.4. The van der Waals surface area contributed by atoms with Crippen LogP contribution in [0.5, 0.6) is 0 Å². The molecule has 0 unspecified atom stereocenters. The van der Waals surface area contributed by atoms with Gasteiger partial charge in [0.05, 0.1) is 0 Å². The molecule has 2 amide bonds. The number of carbonyl (C=O) groups is 2. The molecule has 0 saturated heterocycles. The third-order valence-electron chi connectivity index (χ3n) is 2.91. The molecule has 0 aromatic heterocycles. The van der Waals surface area contributed by atoms with Gasteiger partial charge in [-0.25, -0.2) is 9.59 Å². The Bertz CT molecular complexity index is 364. The number of rotatable bonds is 4. The summed E-state index contributed by atoms with van der Waals surface area (Å²) in [5, 5.41) is 0. The van der Waals surface area contributed by atoms with Crippen molar-refractivity contribution in [2.45, 2.75) is 0 Å². The zero-order valence-electron chi connectivity index (χ0n) is 12.4. The maximum atomic E-state index is 11.4. The zero-order chi connectivity index (χ0) is 15.1. The van der Waals surface area contributed by atoms with Gasteiger partial charge >= 0.3 is 12.2 Å². The highest BCUT2D eigenvalue weighted by molar-refractivity contribution is 5.67. The largest absolute Gasteiger partial charge is 0.449 e. The third kappa shape index (κ3) is 4.95. The number of hydrogen-bond donors (Lipinski definition) is 0. The lowest BCUT2D eigenvalue weighted by Gasteiger charge is -2.24. The van der Waals surface area contributed by atoms with E-state index in [2.05, 4.69) is 0 Å². The van der Waals surface area contributed by atoms with Gasteiger partial charge in [0.25, 0.3) is 0 Å². The van der Waals surface area contributed by atoms with Crippen LogP contribution >= 0.6 is 0 Å². The first-order valence-electron chi connectivity index (χ1n) is 6.45. The van der Waals surface area contributed by atoms with Crippen molar-refractivity contribution in [3.63, 3.8) is 0 Å².